The number of nitrogens with one attached hydrogen (secondary N) is 1. The predicted octanol–water partition coefficient (Wildman–Crippen LogP) is 2.37. The molecule has 7 heteroatoms. The molecular formula is C14H12FN3O3. The fraction of sp³-hybridized carbons (Fsp3) is 0.143. The van der Waals surface area contributed by atoms with Crippen molar-refractivity contribution in [2.45, 2.75) is 13.5 Å². The molecule has 0 aliphatic heterocycles. The van der Waals surface area contributed by atoms with E-state index in [1.165, 1.54) is 6.07 Å². The van der Waals surface area contributed by atoms with Gasteiger partial charge in [-0.1, -0.05) is 0 Å². The van der Waals surface area contributed by atoms with Crippen LogP contribution in [0.1, 0.15) is 21.5 Å². The summed E-state index contributed by atoms with van der Waals surface area (Å²) in [6.07, 6.45) is 3.28. The highest BCUT2D eigenvalue weighted by Crippen LogP contribution is 2.18. The lowest BCUT2D eigenvalue weighted by molar-refractivity contribution is -0.387. The summed E-state index contributed by atoms with van der Waals surface area (Å²) >= 11 is 0. The number of benzene rings is 1. The van der Waals surface area contributed by atoms with Gasteiger partial charge in [0.15, 0.2) is 0 Å². The Morgan fingerprint density at radius 3 is 2.81 bits per heavy atom. The zero-order valence-electron chi connectivity index (χ0n) is 11.2. The van der Waals surface area contributed by atoms with Crippen LogP contribution in [0.5, 0.6) is 0 Å². The lowest BCUT2D eigenvalue weighted by Gasteiger charge is -2.07. The molecule has 0 aliphatic rings. The first kappa shape index (κ1) is 14.6. The average Bonchev–Trinajstić information content (AvgIpc) is 2.45. The van der Waals surface area contributed by atoms with Crippen molar-refractivity contribution in [3.8, 4) is 0 Å². The molecule has 0 bridgehead atoms. The molecule has 0 unspecified atom stereocenters. The number of amides is 1. The quantitative estimate of drug-likeness (QED) is 0.691. The molecule has 0 saturated heterocycles. The Balaban J connectivity index is 2.09. The average molecular weight is 289 g/mol. The van der Waals surface area contributed by atoms with Crippen LogP contribution in [0.2, 0.25) is 0 Å². The molecule has 2 rings (SSSR count). The van der Waals surface area contributed by atoms with E-state index >= 15 is 0 Å². The summed E-state index contributed by atoms with van der Waals surface area (Å²) in [5.74, 6) is -1.54. The fourth-order valence-electron chi connectivity index (χ4n) is 1.76. The third-order valence-electron chi connectivity index (χ3n) is 2.99. The third-order valence-corrected chi connectivity index (χ3v) is 2.99. The van der Waals surface area contributed by atoms with E-state index in [1.54, 1.807) is 12.4 Å². The normalized spacial score (nSPS) is 10.2. The lowest BCUT2D eigenvalue weighted by atomic mass is 10.1. The van der Waals surface area contributed by atoms with Crippen LogP contribution in [0.15, 0.2) is 36.7 Å². The number of pyridine rings is 1. The largest absolute Gasteiger partial charge is 0.348 e. The maximum absolute atomic E-state index is 13.5. The Morgan fingerprint density at radius 2 is 2.19 bits per heavy atom. The van der Waals surface area contributed by atoms with Gasteiger partial charge in [0.2, 0.25) is 5.82 Å². The van der Waals surface area contributed by atoms with Gasteiger partial charge in [0.05, 0.1) is 4.92 Å². The first-order valence-corrected chi connectivity index (χ1v) is 6.10. The van der Waals surface area contributed by atoms with Crippen LogP contribution in [0.3, 0.4) is 0 Å². The number of halogens is 1. The van der Waals surface area contributed by atoms with Gasteiger partial charge in [0.25, 0.3) is 5.91 Å². The third kappa shape index (κ3) is 3.38. The lowest BCUT2D eigenvalue weighted by Crippen LogP contribution is -2.23. The number of rotatable bonds is 4. The summed E-state index contributed by atoms with van der Waals surface area (Å²) in [5, 5.41) is 13.1. The van der Waals surface area contributed by atoms with E-state index in [4.69, 9.17) is 0 Å². The minimum atomic E-state index is -1.04. The zero-order chi connectivity index (χ0) is 15.4. The van der Waals surface area contributed by atoms with Gasteiger partial charge in [-0.05, 0) is 36.2 Å². The van der Waals surface area contributed by atoms with E-state index in [9.17, 15) is 19.3 Å². The molecule has 0 aliphatic carbocycles. The molecule has 2 aromatic rings. The molecule has 1 aromatic heterocycles. The second-order valence-corrected chi connectivity index (χ2v) is 4.41. The van der Waals surface area contributed by atoms with E-state index in [0.717, 1.165) is 23.3 Å². The second-order valence-electron chi connectivity index (χ2n) is 4.41. The van der Waals surface area contributed by atoms with Gasteiger partial charge in [-0.25, -0.2) is 0 Å². The highest BCUT2D eigenvalue weighted by atomic mass is 19.1. The molecule has 0 atom stereocenters. The van der Waals surface area contributed by atoms with Gasteiger partial charge >= 0.3 is 5.69 Å². The summed E-state index contributed by atoms with van der Waals surface area (Å²) < 4.78 is 13.5. The van der Waals surface area contributed by atoms with Crippen LogP contribution in [0, 0.1) is 22.9 Å². The fourth-order valence-corrected chi connectivity index (χ4v) is 1.76. The number of nitro benzene ring substituents is 1. The van der Waals surface area contributed by atoms with Crippen LogP contribution < -0.4 is 5.32 Å². The molecule has 0 fully saturated rings. The van der Waals surface area contributed by atoms with Crippen LogP contribution in [0.25, 0.3) is 0 Å². The number of nitrogens with zero attached hydrogens (tertiary/aromatic N) is 2. The molecule has 1 amide bonds. The molecule has 0 spiro atoms. The van der Waals surface area contributed by atoms with E-state index in [-0.39, 0.29) is 12.1 Å². The summed E-state index contributed by atoms with van der Waals surface area (Å²) in [7, 11) is 0. The number of hydrogen-bond donors (Lipinski definition) is 1. The Morgan fingerprint density at radius 1 is 1.43 bits per heavy atom. The number of aromatic nitrogens is 1. The minimum Gasteiger partial charge on any atom is -0.348 e. The van der Waals surface area contributed by atoms with Gasteiger partial charge in [-0.3, -0.25) is 19.9 Å². The standard InChI is InChI=1S/C14H12FN3O3/c1-9-4-5-16-7-11(9)8-17-14(19)10-2-3-13(18(20)21)12(15)6-10/h2-7H,8H2,1H3,(H,17,19). The predicted molar refractivity (Wildman–Crippen MR) is 73.2 cm³/mol. The van der Waals surface area contributed by atoms with Gasteiger partial charge in [-0.15, -0.1) is 0 Å². The molecule has 0 radical (unpaired) electrons. The summed E-state index contributed by atoms with van der Waals surface area (Å²) in [4.78, 5) is 25.5. The SMILES string of the molecule is Cc1ccncc1CNC(=O)c1ccc([N+](=O)[O-])c(F)c1. The van der Waals surface area contributed by atoms with E-state index in [0.29, 0.717) is 0 Å². The van der Waals surface area contributed by atoms with Gasteiger partial charge in [-0.2, -0.15) is 4.39 Å². The molecular weight excluding hydrogens is 277 g/mol. The minimum absolute atomic E-state index is 0.0274. The summed E-state index contributed by atoms with van der Waals surface area (Å²) in [5.41, 5.74) is 1.18. The van der Waals surface area contributed by atoms with Crippen LogP contribution in [-0.4, -0.2) is 15.8 Å². The van der Waals surface area contributed by atoms with Crippen LogP contribution in [-0.2, 0) is 6.54 Å². The molecule has 1 heterocycles. The number of carbonyl (C=O) groups is 1. The molecule has 6 nitrogen and oxygen atoms in total. The van der Waals surface area contributed by atoms with Crippen molar-refractivity contribution in [1.82, 2.24) is 10.3 Å². The number of carbonyl (C=O) groups excluding carboxylic acids is 1. The van der Waals surface area contributed by atoms with Crippen molar-refractivity contribution in [3.05, 3.63) is 69.3 Å². The van der Waals surface area contributed by atoms with Crippen molar-refractivity contribution in [2.75, 3.05) is 0 Å². The van der Waals surface area contributed by atoms with Crippen molar-refractivity contribution >= 4 is 11.6 Å². The Bertz CT molecular complexity index is 704. The monoisotopic (exact) mass is 289 g/mol. The summed E-state index contributed by atoms with van der Waals surface area (Å²) in [6.45, 7) is 2.13. The number of hydrogen-bond acceptors (Lipinski definition) is 4. The first-order valence-electron chi connectivity index (χ1n) is 6.10. The van der Waals surface area contributed by atoms with E-state index in [1.807, 2.05) is 13.0 Å². The van der Waals surface area contributed by atoms with Crippen molar-refractivity contribution < 1.29 is 14.1 Å². The van der Waals surface area contributed by atoms with Crippen molar-refractivity contribution in [1.29, 1.82) is 0 Å². The van der Waals surface area contributed by atoms with Gasteiger partial charge in [0.1, 0.15) is 0 Å². The van der Waals surface area contributed by atoms with Crippen molar-refractivity contribution in [3.63, 3.8) is 0 Å². The Hall–Kier alpha value is -2.83. The number of aryl methyl sites for hydroxylation is 1. The molecule has 21 heavy (non-hydrogen) atoms. The Kier molecular flexibility index (Phi) is 4.22. The maximum atomic E-state index is 13.5. The van der Waals surface area contributed by atoms with Gasteiger partial charge in [0, 0.05) is 30.6 Å². The smallest absolute Gasteiger partial charge is 0.304 e. The highest BCUT2D eigenvalue weighted by Gasteiger charge is 2.16. The van der Waals surface area contributed by atoms with Gasteiger partial charge < -0.3 is 5.32 Å². The van der Waals surface area contributed by atoms with Crippen LogP contribution >= 0.6 is 0 Å². The number of nitro groups is 1. The van der Waals surface area contributed by atoms with Crippen LogP contribution in [0.4, 0.5) is 10.1 Å². The second kappa shape index (κ2) is 6.08. The molecule has 1 aromatic carbocycles. The van der Waals surface area contributed by atoms with E-state index < -0.39 is 22.3 Å². The first-order chi connectivity index (χ1) is 9.99. The van der Waals surface area contributed by atoms with E-state index in [2.05, 4.69) is 10.3 Å². The Labute approximate surface area is 119 Å². The maximum Gasteiger partial charge on any atom is 0.304 e. The topological polar surface area (TPSA) is 85.1 Å². The van der Waals surface area contributed by atoms with Crippen molar-refractivity contribution in [2.24, 2.45) is 0 Å². The summed E-state index contributed by atoms with van der Waals surface area (Å²) in [6, 6.07) is 4.85. The molecule has 108 valence electrons. The highest BCUT2D eigenvalue weighted by molar-refractivity contribution is 5.94. The molecule has 1 N–H and O–H groups in total. The molecule has 0 saturated carbocycles. The zero-order valence-corrected chi connectivity index (χ0v) is 11.2.